The number of hydrogen-bond donors (Lipinski definition) is 5. The molecule has 282 valence electrons. The Bertz CT molecular complexity index is 2380. The van der Waals surface area contributed by atoms with Gasteiger partial charge in [0.15, 0.2) is 0 Å². The highest BCUT2D eigenvalue weighted by Gasteiger charge is 2.45. The highest BCUT2D eigenvalue weighted by Crippen LogP contribution is 2.32. The number of carbonyl (C=O) groups excluding carboxylic acids is 6. The molecule has 5 N–H and O–H groups in total. The Morgan fingerprint density at radius 1 is 0.982 bits per heavy atom. The van der Waals surface area contributed by atoms with Crippen molar-refractivity contribution in [3.05, 3.63) is 83.3 Å². The number of nitrogens with one attached hydrogen (secondary N) is 5. The van der Waals surface area contributed by atoms with Gasteiger partial charge >= 0.3 is 0 Å². The summed E-state index contributed by atoms with van der Waals surface area (Å²) in [6.07, 6.45) is 4.28. The Balaban J connectivity index is 0.817. The summed E-state index contributed by atoms with van der Waals surface area (Å²) in [5, 5.41) is 16.4. The Kier molecular flexibility index (Phi) is 9.57. The summed E-state index contributed by atoms with van der Waals surface area (Å²) in [6, 6.07) is 15.3. The Morgan fingerprint density at radius 2 is 1.85 bits per heavy atom. The van der Waals surface area contributed by atoms with Gasteiger partial charge in [0, 0.05) is 54.3 Å². The van der Waals surface area contributed by atoms with Gasteiger partial charge in [0.2, 0.25) is 17.7 Å². The van der Waals surface area contributed by atoms with E-state index < -0.39 is 29.7 Å². The third-order valence-corrected chi connectivity index (χ3v) is 10.5. The van der Waals surface area contributed by atoms with Crippen molar-refractivity contribution in [2.75, 3.05) is 30.3 Å². The summed E-state index contributed by atoms with van der Waals surface area (Å²) in [5.41, 5.74) is 4.35. The zero-order valence-electron chi connectivity index (χ0n) is 30.2. The molecule has 6 amide bonds. The van der Waals surface area contributed by atoms with Crippen LogP contribution in [-0.4, -0.2) is 96.7 Å². The Labute approximate surface area is 315 Å². The number of imide groups is 2. The monoisotopic (exact) mass is 744 g/mol. The molecule has 0 spiro atoms. The number of anilines is 2. The second kappa shape index (κ2) is 14.8. The largest absolute Gasteiger partial charge is 0.384 e. The number of benzene rings is 3. The summed E-state index contributed by atoms with van der Waals surface area (Å²) < 4.78 is 1.76. The molecule has 3 aromatic carbocycles. The minimum absolute atomic E-state index is 0.0332. The van der Waals surface area contributed by atoms with Gasteiger partial charge in [-0.2, -0.15) is 5.10 Å². The Morgan fingerprint density at radius 3 is 2.67 bits per heavy atom. The lowest BCUT2D eigenvalue weighted by Gasteiger charge is -2.27. The predicted molar refractivity (Wildman–Crippen MR) is 202 cm³/mol. The van der Waals surface area contributed by atoms with Gasteiger partial charge in [-0.1, -0.05) is 6.07 Å². The predicted octanol–water partition coefficient (Wildman–Crippen LogP) is 3.17. The minimum Gasteiger partial charge on any atom is -0.384 e. The van der Waals surface area contributed by atoms with E-state index in [0.717, 1.165) is 45.8 Å². The number of hydrogen-bond acceptors (Lipinski definition) is 10. The van der Waals surface area contributed by atoms with Crippen LogP contribution >= 0.6 is 0 Å². The van der Waals surface area contributed by atoms with E-state index in [9.17, 15) is 28.8 Å². The highest BCUT2D eigenvalue weighted by atomic mass is 16.2. The molecule has 0 aliphatic carbocycles. The van der Waals surface area contributed by atoms with Crippen LogP contribution in [0.2, 0.25) is 0 Å². The smallest absolute Gasteiger partial charge is 0.264 e. The van der Waals surface area contributed by atoms with Crippen molar-refractivity contribution in [2.45, 2.75) is 64.2 Å². The first-order valence-corrected chi connectivity index (χ1v) is 18.5. The van der Waals surface area contributed by atoms with Crippen molar-refractivity contribution in [3.8, 4) is 0 Å². The molecule has 5 heterocycles. The molecule has 1 unspecified atom stereocenters. The number of amides is 6. The number of imidazole rings is 1. The maximum Gasteiger partial charge on any atom is 0.264 e. The third kappa shape index (κ3) is 7.15. The minimum atomic E-state index is -1.06. The number of fused-ring (bicyclic) bond motifs is 3. The van der Waals surface area contributed by atoms with Crippen molar-refractivity contribution >= 4 is 68.8 Å². The molecule has 8 rings (SSSR count). The zero-order chi connectivity index (χ0) is 38.2. The van der Waals surface area contributed by atoms with Crippen molar-refractivity contribution in [2.24, 2.45) is 0 Å². The van der Waals surface area contributed by atoms with Crippen molar-refractivity contribution in [1.29, 1.82) is 0 Å². The number of aromatic amines is 1. The lowest BCUT2D eigenvalue weighted by atomic mass is 10.0. The van der Waals surface area contributed by atoms with E-state index >= 15 is 0 Å². The molecule has 3 aliphatic heterocycles. The summed E-state index contributed by atoms with van der Waals surface area (Å²) in [7, 11) is 0. The molecule has 3 aliphatic rings. The van der Waals surface area contributed by atoms with Gasteiger partial charge in [0.1, 0.15) is 11.9 Å². The van der Waals surface area contributed by atoms with E-state index in [1.807, 2.05) is 24.3 Å². The topological polar surface area (TPSA) is 204 Å². The van der Waals surface area contributed by atoms with Gasteiger partial charge in [0.05, 0.1) is 47.0 Å². The fourth-order valence-electron chi connectivity index (χ4n) is 7.60. The van der Waals surface area contributed by atoms with E-state index in [0.29, 0.717) is 36.1 Å². The van der Waals surface area contributed by atoms with Gasteiger partial charge in [0.25, 0.3) is 17.7 Å². The van der Waals surface area contributed by atoms with Crippen LogP contribution in [0.1, 0.15) is 75.9 Å². The van der Waals surface area contributed by atoms with Gasteiger partial charge in [-0.15, -0.1) is 0 Å². The molecule has 0 saturated carbocycles. The fourth-order valence-corrected chi connectivity index (χ4v) is 7.60. The van der Waals surface area contributed by atoms with Crippen LogP contribution in [0.25, 0.3) is 21.9 Å². The van der Waals surface area contributed by atoms with Crippen LogP contribution in [0.15, 0.2) is 60.8 Å². The average molecular weight is 745 g/mol. The first-order valence-electron chi connectivity index (χ1n) is 18.5. The van der Waals surface area contributed by atoms with Crippen molar-refractivity contribution < 1.29 is 28.8 Å². The quantitative estimate of drug-likeness (QED) is 0.118. The van der Waals surface area contributed by atoms with Crippen molar-refractivity contribution in [3.63, 3.8) is 0 Å². The number of carbonyl (C=O) groups is 6. The van der Waals surface area contributed by atoms with E-state index in [2.05, 4.69) is 43.2 Å². The SMILES string of the molecule is C[C@H]1CCCN1Cc1nc2cc(NC(=O)c3ccc4c(cnn4CCNC(=O)CCNc4cccc5c4C(=O)N(C4CCC(=O)NC4=O)C5=O)c3)ccc2[nH]1. The molecule has 0 radical (unpaired) electrons. The van der Waals surface area contributed by atoms with Crippen LogP contribution in [0.4, 0.5) is 11.4 Å². The highest BCUT2D eigenvalue weighted by molar-refractivity contribution is 6.25. The van der Waals surface area contributed by atoms with E-state index in [1.165, 1.54) is 18.9 Å². The summed E-state index contributed by atoms with van der Waals surface area (Å²) in [6.45, 7) is 4.99. The van der Waals surface area contributed by atoms with Crippen LogP contribution < -0.4 is 21.3 Å². The molecule has 55 heavy (non-hydrogen) atoms. The standard InChI is InChI=1S/C39H40N10O6/c1-22-4-3-16-47(22)21-32-44-27-9-8-25(19-29(27)45-32)43-36(52)23-7-10-30-24(18-23)20-42-48(30)17-15-41-33(50)13-14-40-28-6-2-5-26-35(28)39(55)49(38(26)54)31-11-12-34(51)46-37(31)53/h2,5-10,18-20,22,31,40H,3-4,11-17,21H2,1H3,(H,41,50)(H,43,52)(H,44,45)(H,46,51,53)/t22-,31?/m0/s1. The average Bonchev–Trinajstić information content (AvgIpc) is 3.94. The molecule has 16 heteroatoms. The van der Waals surface area contributed by atoms with Gasteiger partial charge in [-0.3, -0.25) is 48.6 Å². The second-order valence-corrected chi connectivity index (χ2v) is 14.2. The number of H-pyrrole nitrogens is 1. The maximum absolute atomic E-state index is 13.3. The molecule has 2 saturated heterocycles. The third-order valence-electron chi connectivity index (χ3n) is 10.5. The molecular formula is C39H40N10O6. The molecule has 2 atom stereocenters. The fraction of sp³-hybridized carbons (Fsp3) is 0.333. The number of piperidine rings is 1. The number of likely N-dealkylation sites (tertiary alicyclic amines) is 1. The zero-order valence-corrected chi connectivity index (χ0v) is 30.2. The molecular weight excluding hydrogens is 704 g/mol. The molecule has 2 fully saturated rings. The van der Waals surface area contributed by atoms with Crippen LogP contribution in [-0.2, 0) is 27.5 Å². The summed E-state index contributed by atoms with van der Waals surface area (Å²) >= 11 is 0. The van der Waals surface area contributed by atoms with Crippen molar-refractivity contribution in [1.82, 2.24) is 40.2 Å². The van der Waals surface area contributed by atoms with Gasteiger partial charge < -0.3 is 20.9 Å². The van der Waals surface area contributed by atoms with E-state index in [4.69, 9.17) is 4.98 Å². The van der Waals surface area contributed by atoms with Crippen LogP contribution in [0, 0.1) is 0 Å². The second-order valence-electron chi connectivity index (χ2n) is 14.2. The van der Waals surface area contributed by atoms with Gasteiger partial charge in [-0.25, -0.2) is 4.98 Å². The summed E-state index contributed by atoms with van der Waals surface area (Å²) in [4.78, 5) is 87.7. The van der Waals surface area contributed by atoms with E-state index in [1.54, 1.807) is 35.1 Å². The summed E-state index contributed by atoms with van der Waals surface area (Å²) in [5.74, 6) is -1.90. The first-order chi connectivity index (χ1) is 26.6. The molecule has 5 aromatic rings. The first kappa shape index (κ1) is 35.6. The maximum atomic E-state index is 13.3. The molecule has 0 bridgehead atoms. The van der Waals surface area contributed by atoms with E-state index in [-0.39, 0.29) is 48.7 Å². The van der Waals surface area contributed by atoms with Gasteiger partial charge in [-0.05, 0) is 81.3 Å². The lowest BCUT2D eigenvalue weighted by molar-refractivity contribution is -0.136. The molecule has 16 nitrogen and oxygen atoms in total. The van der Waals surface area contributed by atoms with Crippen LogP contribution in [0.3, 0.4) is 0 Å². The molecule has 2 aromatic heterocycles. The lowest BCUT2D eigenvalue weighted by Crippen LogP contribution is -2.54. The Hall–Kier alpha value is -6.42. The number of nitrogens with zero attached hydrogens (tertiary/aromatic N) is 5. The van der Waals surface area contributed by atoms with Crippen LogP contribution in [0.5, 0.6) is 0 Å². The number of rotatable bonds is 12. The normalized spacial score (nSPS) is 18.6. The number of aromatic nitrogens is 4.